The van der Waals surface area contributed by atoms with Crippen molar-refractivity contribution >= 4 is 12.1 Å². The van der Waals surface area contributed by atoms with Crippen LogP contribution in [0.2, 0.25) is 0 Å². The summed E-state index contributed by atoms with van der Waals surface area (Å²) in [5.74, 6) is 1.69. The molecule has 3 aromatic rings. The monoisotopic (exact) mass is 510 g/mol. The van der Waals surface area contributed by atoms with E-state index in [0.29, 0.717) is 54.1 Å². The number of nitrogens with zero attached hydrogens (tertiary/aromatic N) is 1. The number of amides is 1. The second kappa shape index (κ2) is 13.7. The minimum atomic E-state index is -0.436. The number of benzene rings is 3. The third kappa shape index (κ3) is 7.60. The average Bonchev–Trinajstić information content (AvgIpc) is 2.90. The summed E-state index contributed by atoms with van der Waals surface area (Å²) in [5.41, 5.74) is 4.32. The topological polar surface area (TPSA) is 87.6 Å². The molecule has 0 aliphatic rings. The van der Waals surface area contributed by atoms with Crippen LogP contribution in [0.15, 0.2) is 59.7 Å². The van der Waals surface area contributed by atoms with Gasteiger partial charge in [0.1, 0.15) is 23.9 Å². The fraction of sp³-hybridized carbons (Fsp3) is 0.286. The van der Waals surface area contributed by atoms with Gasteiger partial charge < -0.3 is 23.7 Å². The third-order valence-corrected chi connectivity index (χ3v) is 5.06. The number of nitrogens with one attached hydrogen (secondary N) is 1. The molecule has 0 saturated heterocycles. The molecule has 0 bridgehead atoms. The molecule has 3 aromatic carbocycles. The molecule has 0 atom stereocenters. The van der Waals surface area contributed by atoms with E-state index in [1.165, 1.54) is 18.3 Å². The molecule has 0 unspecified atom stereocenters. The van der Waals surface area contributed by atoms with E-state index in [9.17, 15) is 9.18 Å². The smallest absolute Gasteiger partial charge is 0.271 e. The maximum atomic E-state index is 13.1. The normalized spacial score (nSPS) is 10.7. The minimum absolute atomic E-state index is 0.204. The standard InChI is InChI=1S/C28H31FN2O6/c1-5-34-25-15-20(16-26(35-6-2)27(25)36-7-3)28(32)31-30-17-19-8-13-24(33-4)21(14-19)18-37-23-11-9-22(29)10-12-23/h8-17H,5-7,18H2,1-4H3,(H,31,32)/b30-17-. The number of carbonyl (C=O) groups excluding carboxylic acids is 1. The van der Waals surface area contributed by atoms with Crippen molar-refractivity contribution in [3.63, 3.8) is 0 Å². The highest BCUT2D eigenvalue weighted by molar-refractivity contribution is 5.96. The first kappa shape index (κ1) is 27.3. The van der Waals surface area contributed by atoms with Crippen LogP contribution in [-0.2, 0) is 6.61 Å². The van der Waals surface area contributed by atoms with Crippen LogP contribution in [0.5, 0.6) is 28.7 Å². The molecule has 37 heavy (non-hydrogen) atoms. The van der Waals surface area contributed by atoms with E-state index < -0.39 is 5.91 Å². The number of ether oxygens (including phenoxy) is 5. The molecule has 0 aliphatic carbocycles. The summed E-state index contributed by atoms with van der Waals surface area (Å²) >= 11 is 0. The number of carbonyl (C=O) groups is 1. The van der Waals surface area contributed by atoms with E-state index in [1.54, 1.807) is 43.5 Å². The highest BCUT2D eigenvalue weighted by atomic mass is 19.1. The van der Waals surface area contributed by atoms with Crippen molar-refractivity contribution in [1.29, 1.82) is 0 Å². The van der Waals surface area contributed by atoms with Crippen molar-refractivity contribution in [2.75, 3.05) is 26.9 Å². The van der Waals surface area contributed by atoms with Crippen LogP contribution in [0, 0.1) is 5.82 Å². The Morgan fingerprint density at radius 3 is 2.11 bits per heavy atom. The summed E-state index contributed by atoms with van der Waals surface area (Å²) in [6.07, 6.45) is 1.51. The van der Waals surface area contributed by atoms with Crippen LogP contribution in [0.3, 0.4) is 0 Å². The molecular formula is C28H31FN2O6. The van der Waals surface area contributed by atoms with E-state index in [1.807, 2.05) is 26.8 Å². The van der Waals surface area contributed by atoms with Crippen LogP contribution in [0.1, 0.15) is 42.3 Å². The van der Waals surface area contributed by atoms with Gasteiger partial charge in [0.2, 0.25) is 5.75 Å². The van der Waals surface area contributed by atoms with E-state index in [0.717, 1.165) is 11.1 Å². The highest BCUT2D eigenvalue weighted by Gasteiger charge is 2.18. The van der Waals surface area contributed by atoms with Gasteiger partial charge in [0.25, 0.3) is 5.91 Å². The quantitative estimate of drug-likeness (QED) is 0.246. The lowest BCUT2D eigenvalue weighted by molar-refractivity contribution is 0.0954. The molecule has 0 heterocycles. The first-order valence-corrected chi connectivity index (χ1v) is 11.9. The van der Waals surface area contributed by atoms with Gasteiger partial charge in [-0.2, -0.15) is 5.10 Å². The van der Waals surface area contributed by atoms with Gasteiger partial charge in [0.15, 0.2) is 11.5 Å². The lowest BCUT2D eigenvalue weighted by Gasteiger charge is -2.16. The van der Waals surface area contributed by atoms with Gasteiger partial charge in [-0.1, -0.05) is 0 Å². The van der Waals surface area contributed by atoms with Crippen molar-refractivity contribution in [2.24, 2.45) is 5.10 Å². The lowest BCUT2D eigenvalue weighted by Crippen LogP contribution is -2.18. The van der Waals surface area contributed by atoms with E-state index >= 15 is 0 Å². The molecule has 9 heteroatoms. The number of rotatable bonds is 13. The maximum Gasteiger partial charge on any atom is 0.271 e. The number of hydrogen-bond donors (Lipinski definition) is 1. The molecule has 0 fully saturated rings. The zero-order valence-corrected chi connectivity index (χ0v) is 21.4. The summed E-state index contributed by atoms with van der Waals surface area (Å²) in [6, 6.07) is 14.4. The molecule has 0 aliphatic heterocycles. The summed E-state index contributed by atoms with van der Waals surface area (Å²) in [5, 5.41) is 4.09. The zero-order valence-electron chi connectivity index (χ0n) is 21.4. The minimum Gasteiger partial charge on any atom is -0.496 e. The Kier molecular flexibility index (Phi) is 10.1. The Hall–Kier alpha value is -4.27. The maximum absolute atomic E-state index is 13.1. The highest BCUT2D eigenvalue weighted by Crippen LogP contribution is 2.39. The summed E-state index contributed by atoms with van der Waals surface area (Å²) < 4.78 is 41.3. The molecule has 0 spiro atoms. The number of hydrogen-bond acceptors (Lipinski definition) is 7. The van der Waals surface area contributed by atoms with Crippen LogP contribution in [-0.4, -0.2) is 39.1 Å². The molecular weight excluding hydrogens is 479 g/mol. The van der Waals surface area contributed by atoms with Gasteiger partial charge in [-0.25, -0.2) is 9.82 Å². The van der Waals surface area contributed by atoms with Crippen LogP contribution in [0.4, 0.5) is 4.39 Å². The van der Waals surface area contributed by atoms with Gasteiger partial charge >= 0.3 is 0 Å². The van der Waals surface area contributed by atoms with Crippen LogP contribution >= 0.6 is 0 Å². The largest absolute Gasteiger partial charge is 0.496 e. The SMILES string of the molecule is CCOc1cc(C(=O)N/N=C\c2ccc(OC)c(COc3ccc(F)cc3)c2)cc(OCC)c1OCC. The van der Waals surface area contributed by atoms with Crippen molar-refractivity contribution in [3.05, 3.63) is 77.1 Å². The Morgan fingerprint density at radius 2 is 1.51 bits per heavy atom. The fourth-order valence-corrected chi connectivity index (χ4v) is 3.43. The van der Waals surface area contributed by atoms with Crippen molar-refractivity contribution < 1.29 is 32.9 Å². The molecule has 196 valence electrons. The van der Waals surface area contributed by atoms with Gasteiger partial charge in [0, 0.05) is 11.1 Å². The molecule has 8 nitrogen and oxygen atoms in total. The Morgan fingerprint density at radius 1 is 0.865 bits per heavy atom. The summed E-state index contributed by atoms with van der Waals surface area (Å²) in [7, 11) is 1.56. The van der Waals surface area contributed by atoms with Gasteiger partial charge in [-0.15, -0.1) is 0 Å². The molecule has 0 radical (unpaired) electrons. The molecule has 0 aromatic heterocycles. The molecule has 0 saturated carbocycles. The predicted molar refractivity (Wildman–Crippen MR) is 139 cm³/mol. The van der Waals surface area contributed by atoms with Crippen LogP contribution < -0.4 is 29.1 Å². The van der Waals surface area contributed by atoms with Crippen molar-refractivity contribution in [2.45, 2.75) is 27.4 Å². The zero-order chi connectivity index (χ0) is 26.6. The summed E-state index contributed by atoms with van der Waals surface area (Å²) in [4.78, 5) is 12.8. The van der Waals surface area contributed by atoms with E-state index in [-0.39, 0.29) is 12.4 Å². The van der Waals surface area contributed by atoms with Gasteiger partial charge in [0.05, 0.1) is 33.1 Å². The Balaban J connectivity index is 1.73. The first-order chi connectivity index (χ1) is 18.0. The number of methoxy groups -OCH3 is 1. The predicted octanol–water partition coefficient (Wildman–Crippen LogP) is 5.37. The average molecular weight is 511 g/mol. The first-order valence-electron chi connectivity index (χ1n) is 11.9. The second-order valence-electron chi connectivity index (χ2n) is 7.61. The third-order valence-electron chi connectivity index (χ3n) is 5.06. The van der Waals surface area contributed by atoms with Crippen LogP contribution in [0.25, 0.3) is 0 Å². The van der Waals surface area contributed by atoms with Gasteiger partial charge in [-0.3, -0.25) is 4.79 Å². The second-order valence-corrected chi connectivity index (χ2v) is 7.61. The van der Waals surface area contributed by atoms with E-state index in [2.05, 4.69) is 10.5 Å². The Labute approximate surface area is 216 Å². The number of hydrazone groups is 1. The summed E-state index contributed by atoms with van der Waals surface area (Å²) in [6.45, 7) is 6.99. The van der Waals surface area contributed by atoms with Gasteiger partial charge in [-0.05, 0) is 80.9 Å². The van der Waals surface area contributed by atoms with Crippen molar-refractivity contribution in [3.8, 4) is 28.7 Å². The molecule has 1 N–H and O–H groups in total. The molecule has 3 rings (SSSR count). The lowest BCUT2D eigenvalue weighted by atomic mass is 10.1. The fourth-order valence-electron chi connectivity index (χ4n) is 3.43. The van der Waals surface area contributed by atoms with Crippen molar-refractivity contribution in [1.82, 2.24) is 5.43 Å². The number of halogens is 1. The Bertz CT molecular complexity index is 1190. The molecule has 1 amide bonds. The van der Waals surface area contributed by atoms with E-state index in [4.69, 9.17) is 23.7 Å².